The second kappa shape index (κ2) is 10.1. The minimum Gasteiger partial charge on any atom is -0.316 e. The zero-order chi connectivity index (χ0) is 18.9. The normalized spacial score (nSPS) is 16.5. The van der Waals surface area contributed by atoms with Crippen molar-refractivity contribution in [2.45, 2.75) is 19.4 Å². The molecule has 1 saturated heterocycles. The molecular formula is C19H24ClN5O. The molecule has 1 amide bonds. The number of hydrogen-bond donors (Lipinski definition) is 0. The molecule has 1 heterocycles. The third-order valence-corrected chi connectivity index (χ3v) is 5.17. The van der Waals surface area contributed by atoms with Gasteiger partial charge in [-0.3, -0.25) is 9.69 Å². The Morgan fingerprint density at radius 3 is 2.38 bits per heavy atom. The topological polar surface area (TPSA) is 74.4 Å². The van der Waals surface area contributed by atoms with E-state index in [-0.39, 0.29) is 25.0 Å². The van der Waals surface area contributed by atoms with Crippen LogP contribution in [0.1, 0.15) is 24.9 Å². The lowest BCUT2D eigenvalue weighted by Crippen LogP contribution is -2.48. The van der Waals surface area contributed by atoms with Gasteiger partial charge in [-0.25, -0.2) is 0 Å². The highest BCUT2D eigenvalue weighted by atomic mass is 35.5. The molecule has 1 aliphatic heterocycles. The monoisotopic (exact) mass is 373 g/mol. The molecule has 1 aromatic rings. The summed E-state index contributed by atoms with van der Waals surface area (Å²) < 4.78 is 0. The maximum Gasteiger partial charge on any atom is 0.225 e. The number of halogens is 1. The van der Waals surface area contributed by atoms with Crippen LogP contribution in [-0.2, 0) is 4.79 Å². The lowest BCUT2D eigenvalue weighted by Gasteiger charge is -2.38. The second-order valence-electron chi connectivity index (χ2n) is 6.39. The van der Waals surface area contributed by atoms with Gasteiger partial charge in [-0.15, -0.1) is 0 Å². The molecule has 0 bridgehead atoms. The Labute approximate surface area is 160 Å². The van der Waals surface area contributed by atoms with Gasteiger partial charge in [-0.2, -0.15) is 10.5 Å². The minimum atomic E-state index is -0.139. The Morgan fingerprint density at radius 2 is 1.81 bits per heavy atom. The van der Waals surface area contributed by atoms with Crippen molar-refractivity contribution >= 4 is 17.5 Å². The summed E-state index contributed by atoms with van der Waals surface area (Å²) in [4.78, 5) is 18.1. The molecule has 1 aromatic carbocycles. The first-order valence-corrected chi connectivity index (χ1v) is 9.17. The van der Waals surface area contributed by atoms with E-state index in [4.69, 9.17) is 22.1 Å². The average molecular weight is 374 g/mol. The molecule has 0 radical (unpaired) electrons. The van der Waals surface area contributed by atoms with Gasteiger partial charge in [0.15, 0.2) is 0 Å². The van der Waals surface area contributed by atoms with E-state index in [0.717, 1.165) is 36.8 Å². The van der Waals surface area contributed by atoms with E-state index in [9.17, 15) is 4.79 Å². The van der Waals surface area contributed by atoms with E-state index < -0.39 is 0 Å². The fourth-order valence-electron chi connectivity index (χ4n) is 3.20. The van der Waals surface area contributed by atoms with Crippen LogP contribution in [0.25, 0.3) is 0 Å². The predicted molar refractivity (Wildman–Crippen MR) is 100 cm³/mol. The number of piperazine rings is 1. The summed E-state index contributed by atoms with van der Waals surface area (Å²) in [5, 5.41) is 18.3. The average Bonchev–Trinajstić information content (AvgIpc) is 2.66. The van der Waals surface area contributed by atoms with Crippen LogP contribution in [0, 0.1) is 22.7 Å². The van der Waals surface area contributed by atoms with Crippen molar-refractivity contribution < 1.29 is 4.79 Å². The fraction of sp³-hybridized carbons (Fsp3) is 0.526. The molecule has 0 N–H and O–H groups in total. The number of hydrogen-bond acceptors (Lipinski definition) is 5. The predicted octanol–water partition coefficient (Wildman–Crippen LogP) is 2.28. The fourth-order valence-corrected chi connectivity index (χ4v) is 3.49. The van der Waals surface area contributed by atoms with Crippen LogP contribution in [0.15, 0.2) is 24.3 Å². The van der Waals surface area contributed by atoms with Crippen LogP contribution in [0.5, 0.6) is 0 Å². The lowest BCUT2D eigenvalue weighted by molar-refractivity contribution is -0.130. The van der Waals surface area contributed by atoms with Crippen molar-refractivity contribution in [2.24, 2.45) is 0 Å². The number of nitrogens with zero attached hydrogens (tertiary/aromatic N) is 5. The first kappa shape index (κ1) is 20.2. The van der Waals surface area contributed by atoms with Gasteiger partial charge in [0.05, 0.1) is 12.1 Å². The summed E-state index contributed by atoms with van der Waals surface area (Å²) in [6.07, 6.45) is 0.337. The largest absolute Gasteiger partial charge is 0.316 e. The number of carbonyl (C=O) groups is 1. The van der Waals surface area contributed by atoms with E-state index in [2.05, 4.69) is 22.8 Å². The number of nitriles is 2. The van der Waals surface area contributed by atoms with Crippen molar-refractivity contribution in [1.29, 1.82) is 10.5 Å². The van der Waals surface area contributed by atoms with Gasteiger partial charge in [0.2, 0.25) is 5.91 Å². The van der Waals surface area contributed by atoms with Crippen molar-refractivity contribution in [3.63, 3.8) is 0 Å². The van der Waals surface area contributed by atoms with Crippen molar-refractivity contribution in [2.75, 3.05) is 45.8 Å². The lowest BCUT2D eigenvalue weighted by atomic mass is 10.1. The summed E-state index contributed by atoms with van der Waals surface area (Å²) in [6, 6.07) is 12.1. The Balaban J connectivity index is 1.80. The molecule has 2 rings (SSSR count). The molecule has 6 nitrogen and oxygen atoms in total. The highest BCUT2D eigenvalue weighted by molar-refractivity contribution is 6.31. The highest BCUT2D eigenvalue weighted by Gasteiger charge is 2.24. The first-order chi connectivity index (χ1) is 12.6. The molecule has 0 spiro atoms. The third-order valence-electron chi connectivity index (χ3n) is 4.83. The first-order valence-electron chi connectivity index (χ1n) is 8.79. The van der Waals surface area contributed by atoms with E-state index in [1.165, 1.54) is 4.90 Å². The number of benzene rings is 1. The molecule has 0 aromatic heterocycles. The third kappa shape index (κ3) is 5.44. The molecule has 0 aliphatic carbocycles. The van der Waals surface area contributed by atoms with Crippen LogP contribution in [0.4, 0.5) is 0 Å². The summed E-state index contributed by atoms with van der Waals surface area (Å²) in [6.45, 7) is 6.37. The Kier molecular flexibility index (Phi) is 7.87. The second-order valence-corrected chi connectivity index (χ2v) is 6.80. The van der Waals surface area contributed by atoms with E-state index in [1.807, 2.05) is 30.3 Å². The van der Waals surface area contributed by atoms with Crippen molar-refractivity contribution in [1.82, 2.24) is 14.7 Å². The molecule has 1 fully saturated rings. The van der Waals surface area contributed by atoms with Gasteiger partial charge in [0, 0.05) is 50.2 Å². The van der Waals surface area contributed by atoms with Gasteiger partial charge >= 0.3 is 0 Å². The van der Waals surface area contributed by atoms with Crippen LogP contribution in [0.2, 0.25) is 5.02 Å². The molecular weight excluding hydrogens is 350 g/mol. The van der Waals surface area contributed by atoms with Crippen molar-refractivity contribution in [3.05, 3.63) is 34.9 Å². The molecule has 138 valence electrons. The molecule has 0 saturated carbocycles. The van der Waals surface area contributed by atoms with Gasteiger partial charge in [0.1, 0.15) is 13.1 Å². The number of carbonyl (C=O) groups excluding carboxylic acids is 1. The smallest absolute Gasteiger partial charge is 0.225 e. The van der Waals surface area contributed by atoms with Crippen LogP contribution >= 0.6 is 11.6 Å². The van der Waals surface area contributed by atoms with Gasteiger partial charge < -0.3 is 9.80 Å². The minimum absolute atomic E-state index is 0.0322. The van der Waals surface area contributed by atoms with Crippen LogP contribution < -0.4 is 0 Å². The molecule has 7 heteroatoms. The van der Waals surface area contributed by atoms with Crippen LogP contribution in [0.3, 0.4) is 0 Å². The summed E-state index contributed by atoms with van der Waals surface area (Å²) in [5.41, 5.74) is 1.14. The van der Waals surface area contributed by atoms with E-state index in [1.54, 1.807) is 0 Å². The summed E-state index contributed by atoms with van der Waals surface area (Å²) in [5.74, 6) is -0.139. The Bertz CT molecular complexity index is 672. The van der Waals surface area contributed by atoms with Crippen molar-refractivity contribution in [3.8, 4) is 12.1 Å². The Morgan fingerprint density at radius 1 is 1.19 bits per heavy atom. The molecule has 1 aliphatic rings. The van der Waals surface area contributed by atoms with Gasteiger partial charge in [-0.1, -0.05) is 29.8 Å². The number of amides is 1. The SMILES string of the molecule is C[C@H](c1ccccc1Cl)N1CCN(CCC(=O)N(CC#N)CC#N)CC1. The summed E-state index contributed by atoms with van der Waals surface area (Å²) in [7, 11) is 0. The van der Waals surface area contributed by atoms with Crippen LogP contribution in [-0.4, -0.2) is 66.4 Å². The quantitative estimate of drug-likeness (QED) is 0.685. The number of rotatable bonds is 7. The van der Waals surface area contributed by atoms with Gasteiger partial charge in [-0.05, 0) is 18.6 Å². The highest BCUT2D eigenvalue weighted by Crippen LogP contribution is 2.27. The molecule has 1 atom stereocenters. The zero-order valence-electron chi connectivity index (χ0n) is 15.1. The van der Waals surface area contributed by atoms with E-state index in [0.29, 0.717) is 13.0 Å². The molecule has 26 heavy (non-hydrogen) atoms. The van der Waals surface area contributed by atoms with Gasteiger partial charge in [0.25, 0.3) is 0 Å². The Hall–Kier alpha value is -2.12. The molecule has 0 unspecified atom stereocenters. The standard InChI is InChI=1S/C19H24ClN5O/c1-16(17-4-2-3-5-18(17)20)24-14-12-23(13-15-24)9-6-19(26)25(10-7-21)11-8-22/h2-5,16H,6,9-15H2,1H3/t16-/m1/s1. The maximum absolute atomic E-state index is 12.1. The maximum atomic E-state index is 12.1. The zero-order valence-corrected chi connectivity index (χ0v) is 15.8. The summed E-state index contributed by atoms with van der Waals surface area (Å²) >= 11 is 6.31. The van der Waals surface area contributed by atoms with E-state index >= 15 is 0 Å².